The van der Waals surface area contributed by atoms with Crippen molar-refractivity contribution in [3.8, 4) is 0 Å². The zero-order valence-corrected chi connectivity index (χ0v) is 17.5. The number of benzene rings is 2. The Morgan fingerprint density at radius 3 is 2.40 bits per heavy atom. The number of carbonyl (C=O) groups is 3. The van der Waals surface area contributed by atoms with E-state index in [9.17, 15) is 14.4 Å². The fourth-order valence-electron chi connectivity index (χ4n) is 2.82. The largest absolute Gasteiger partial charge is 0.297 e. The number of anilines is 1. The molecule has 3 amide bonds. The Hall–Kier alpha value is -3.07. The van der Waals surface area contributed by atoms with Crippen LogP contribution in [0.25, 0.3) is 6.08 Å². The maximum absolute atomic E-state index is 12.4. The van der Waals surface area contributed by atoms with Gasteiger partial charge < -0.3 is 0 Å². The average Bonchev–Trinajstić information content (AvgIpc) is 3.27. The van der Waals surface area contributed by atoms with Gasteiger partial charge in [0.05, 0.1) is 27.7 Å². The van der Waals surface area contributed by atoms with Crippen molar-refractivity contribution < 1.29 is 14.4 Å². The lowest BCUT2D eigenvalue weighted by Gasteiger charge is -2.10. The molecular formula is C20H12Cl2N4O3S. The molecule has 1 N–H and O–H groups in total. The summed E-state index contributed by atoms with van der Waals surface area (Å²) >= 11 is 12.9. The minimum absolute atomic E-state index is 0.0149. The minimum atomic E-state index is -0.412. The van der Waals surface area contributed by atoms with E-state index in [1.165, 1.54) is 6.08 Å². The first kappa shape index (κ1) is 20.2. The first-order valence-corrected chi connectivity index (χ1v) is 10.2. The summed E-state index contributed by atoms with van der Waals surface area (Å²) in [5.74, 6) is -1.16. The van der Waals surface area contributed by atoms with Crippen molar-refractivity contribution in [2.45, 2.75) is 6.54 Å². The topological polar surface area (TPSA) is 92.3 Å². The highest BCUT2D eigenvalue weighted by molar-refractivity contribution is 7.15. The van der Waals surface area contributed by atoms with Gasteiger partial charge in [0.25, 0.3) is 11.8 Å². The summed E-state index contributed by atoms with van der Waals surface area (Å²) in [5, 5.41) is 11.9. The summed E-state index contributed by atoms with van der Waals surface area (Å²) in [4.78, 5) is 38.1. The number of rotatable bonds is 5. The van der Waals surface area contributed by atoms with Gasteiger partial charge in [-0.2, -0.15) is 0 Å². The molecule has 2 aromatic carbocycles. The zero-order chi connectivity index (χ0) is 21.3. The molecule has 0 saturated carbocycles. The smallest absolute Gasteiger partial charge is 0.261 e. The molecule has 150 valence electrons. The molecule has 4 rings (SSSR count). The van der Waals surface area contributed by atoms with Gasteiger partial charge in [-0.1, -0.05) is 52.7 Å². The number of halogens is 2. The zero-order valence-electron chi connectivity index (χ0n) is 15.1. The van der Waals surface area contributed by atoms with Gasteiger partial charge in [-0.05, 0) is 35.9 Å². The molecule has 0 spiro atoms. The van der Waals surface area contributed by atoms with Gasteiger partial charge in [0.1, 0.15) is 5.01 Å². The van der Waals surface area contributed by atoms with Crippen LogP contribution in [0.2, 0.25) is 10.0 Å². The molecule has 0 atom stereocenters. The molecule has 1 aliphatic rings. The molecule has 1 aliphatic heterocycles. The molecule has 0 radical (unpaired) electrons. The van der Waals surface area contributed by atoms with Gasteiger partial charge in [0.2, 0.25) is 11.0 Å². The van der Waals surface area contributed by atoms with Crippen molar-refractivity contribution >= 4 is 63.5 Å². The van der Waals surface area contributed by atoms with E-state index in [2.05, 4.69) is 15.5 Å². The molecule has 10 heteroatoms. The molecule has 0 fully saturated rings. The highest BCUT2D eigenvalue weighted by Gasteiger charge is 2.35. The molecule has 1 aromatic heterocycles. The van der Waals surface area contributed by atoms with Gasteiger partial charge in [-0.3, -0.25) is 24.6 Å². The summed E-state index contributed by atoms with van der Waals surface area (Å²) in [5.41, 5.74) is 1.45. The van der Waals surface area contributed by atoms with Crippen LogP contribution in [0.1, 0.15) is 31.3 Å². The van der Waals surface area contributed by atoms with Crippen LogP contribution < -0.4 is 5.32 Å². The lowest BCUT2D eigenvalue weighted by molar-refractivity contribution is -0.111. The molecule has 7 nitrogen and oxygen atoms in total. The number of nitrogens with one attached hydrogen (secondary N) is 1. The van der Waals surface area contributed by atoms with Crippen LogP contribution in [0.3, 0.4) is 0 Å². The number of fused-ring (bicyclic) bond motifs is 1. The summed E-state index contributed by atoms with van der Waals surface area (Å²) in [6.45, 7) is -0.0149. The fourth-order valence-corrected chi connectivity index (χ4v) is 3.86. The van der Waals surface area contributed by atoms with Crippen molar-refractivity contribution in [3.63, 3.8) is 0 Å². The van der Waals surface area contributed by atoms with Crippen LogP contribution in [0, 0.1) is 0 Å². The summed E-state index contributed by atoms with van der Waals surface area (Å²) < 4.78 is 0. The quantitative estimate of drug-likeness (QED) is 0.454. The van der Waals surface area contributed by atoms with E-state index in [1.807, 2.05) is 0 Å². The standard InChI is InChI=1S/C20H12Cl2N4O3S/c21-14-7-5-11(9-15(14)22)6-8-16(27)23-20-25-24-17(30-20)10-26-18(28)12-3-1-2-4-13(12)19(26)29/h1-9H,10H2,(H,23,25,27)/b8-6+. The molecule has 0 aliphatic carbocycles. The van der Waals surface area contributed by atoms with E-state index < -0.39 is 5.91 Å². The van der Waals surface area contributed by atoms with Crippen molar-refractivity contribution in [1.29, 1.82) is 0 Å². The van der Waals surface area contributed by atoms with Crippen LogP contribution in [-0.4, -0.2) is 32.8 Å². The fraction of sp³-hybridized carbons (Fsp3) is 0.0500. The van der Waals surface area contributed by atoms with Gasteiger partial charge in [0.15, 0.2) is 0 Å². The Labute approximate surface area is 184 Å². The van der Waals surface area contributed by atoms with Crippen molar-refractivity contribution in [3.05, 3.63) is 80.3 Å². The highest BCUT2D eigenvalue weighted by atomic mass is 35.5. The Balaban J connectivity index is 1.39. The van der Waals surface area contributed by atoms with E-state index in [4.69, 9.17) is 23.2 Å². The number of aromatic nitrogens is 2. The lowest BCUT2D eigenvalue weighted by Crippen LogP contribution is -2.29. The molecule has 0 unspecified atom stereocenters. The number of imide groups is 1. The average molecular weight is 459 g/mol. The van der Waals surface area contributed by atoms with Gasteiger partial charge >= 0.3 is 0 Å². The Bertz CT molecular complexity index is 1170. The van der Waals surface area contributed by atoms with Gasteiger partial charge in [0, 0.05) is 6.08 Å². The van der Waals surface area contributed by atoms with E-state index in [0.29, 0.717) is 31.7 Å². The molecule has 0 bridgehead atoms. The Morgan fingerprint density at radius 2 is 1.73 bits per heavy atom. The first-order valence-electron chi connectivity index (χ1n) is 8.64. The van der Waals surface area contributed by atoms with Crippen LogP contribution in [0.5, 0.6) is 0 Å². The number of amides is 3. The Morgan fingerprint density at radius 1 is 1.03 bits per heavy atom. The first-order chi connectivity index (χ1) is 14.4. The van der Waals surface area contributed by atoms with Crippen LogP contribution in [0.15, 0.2) is 48.5 Å². The van der Waals surface area contributed by atoms with Gasteiger partial charge in [-0.25, -0.2) is 0 Å². The maximum atomic E-state index is 12.4. The van der Waals surface area contributed by atoms with Crippen LogP contribution >= 0.6 is 34.5 Å². The second-order valence-corrected chi connectivity index (χ2v) is 8.12. The van der Waals surface area contributed by atoms with Crippen LogP contribution in [0.4, 0.5) is 5.13 Å². The number of hydrogen-bond donors (Lipinski definition) is 1. The van der Waals surface area contributed by atoms with Crippen molar-refractivity contribution in [1.82, 2.24) is 15.1 Å². The number of nitrogens with zero attached hydrogens (tertiary/aromatic N) is 3. The molecule has 30 heavy (non-hydrogen) atoms. The number of hydrogen-bond acceptors (Lipinski definition) is 6. The van der Waals surface area contributed by atoms with E-state index >= 15 is 0 Å². The monoisotopic (exact) mass is 458 g/mol. The second kappa shape index (κ2) is 8.35. The summed E-state index contributed by atoms with van der Waals surface area (Å²) in [7, 11) is 0. The van der Waals surface area contributed by atoms with E-state index in [0.717, 1.165) is 16.2 Å². The van der Waals surface area contributed by atoms with E-state index in [-0.39, 0.29) is 23.5 Å². The Kier molecular flexibility index (Phi) is 5.63. The second-order valence-electron chi connectivity index (χ2n) is 6.24. The third-order valence-corrected chi connectivity index (χ3v) is 5.80. The summed E-state index contributed by atoms with van der Waals surface area (Å²) in [6, 6.07) is 11.6. The lowest BCUT2D eigenvalue weighted by atomic mass is 10.1. The molecule has 0 saturated heterocycles. The SMILES string of the molecule is O=C(/C=C/c1ccc(Cl)c(Cl)c1)Nc1nnc(CN2C(=O)c3ccccc3C2=O)s1. The molecule has 3 aromatic rings. The molecule has 2 heterocycles. The van der Waals surface area contributed by atoms with Gasteiger partial charge in [-0.15, -0.1) is 10.2 Å². The van der Waals surface area contributed by atoms with E-state index in [1.54, 1.807) is 48.5 Å². The third kappa shape index (κ3) is 4.11. The van der Waals surface area contributed by atoms with Crippen molar-refractivity contribution in [2.75, 3.05) is 5.32 Å². The van der Waals surface area contributed by atoms with Crippen LogP contribution in [-0.2, 0) is 11.3 Å². The number of carbonyl (C=O) groups excluding carboxylic acids is 3. The minimum Gasteiger partial charge on any atom is -0.297 e. The highest BCUT2D eigenvalue weighted by Crippen LogP contribution is 2.26. The third-order valence-electron chi connectivity index (χ3n) is 4.24. The molecular weight excluding hydrogens is 447 g/mol. The summed E-state index contributed by atoms with van der Waals surface area (Å²) in [6.07, 6.45) is 2.91. The predicted molar refractivity (Wildman–Crippen MR) is 115 cm³/mol. The normalized spacial score (nSPS) is 13.2. The predicted octanol–water partition coefficient (Wildman–Crippen LogP) is 4.29. The van der Waals surface area contributed by atoms with Crippen molar-refractivity contribution in [2.24, 2.45) is 0 Å². The maximum Gasteiger partial charge on any atom is 0.261 e.